The minimum absolute atomic E-state index is 0.0898. The van der Waals surface area contributed by atoms with Crippen LogP contribution in [0.5, 0.6) is 0 Å². The van der Waals surface area contributed by atoms with Gasteiger partial charge in [0.15, 0.2) is 0 Å². The second-order valence-corrected chi connectivity index (χ2v) is 6.45. The number of anilines is 1. The fourth-order valence-corrected chi connectivity index (χ4v) is 3.21. The molecule has 0 bridgehead atoms. The first-order valence-corrected chi connectivity index (χ1v) is 7.52. The van der Waals surface area contributed by atoms with E-state index >= 15 is 0 Å². The van der Waals surface area contributed by atoms with Crippen LogP contribution in [-0.2, 0) is 0 Å². The highest BCUT2D eigenvalue weighted by Crippen LogP contribution is 2.32. The van der Waals surface area contributed by atoms with E-state index in [1.807, 2.05) is 0 Å². The molecule has 0 saturated heterocycles. The fourth-order valence-electron chi connectivity index (χ4n) is 1.79. The van der Waals surface area contributed by atoms with Gasteiger partial charge in [-0.2, -0.15) is 0 Å². The lowest BCUT2D eigenvalue weighted by Crippen LogP contribution is -2.13. The number of halogens is 2. The first-order chi connectivity index (χ1) is 9.81. The number of hydrogen-bond acceptors (Lipinski definition) is 3. The molecule has 21 heavy (non-hydrogen) atoms. The van der Waals surface area contributed by atoms with Crippen LogP contribution in [0.25, 0.3) is 0 Å². The maximum atomic E-state index is 13.2. The van der Waals surface area contributed by atoms with Crippen LogP contribution in [0.1, 0.15) is 31.2 Å². The molecule has 2 rings (SSSR count). The van der Waals surface area contributed by atoms with Crippen molar-refractivity contribution >= 4 is 44.1 Å². The van der Waals surface area contributed by atoms with Crippen molar-refractivity contribution in [3.63, 3.8) is 0 Å². The van der Waals surface area contributed by atoms with Crippen LogP contribution in [-0.4, -0.2) is 17.0 Å². The van der Waals surface area contributed by atoms with E-state index in [-0.39, 0.29) is 20.6 Å². The molecule has 2 aromatic rings. The maximum Gasteiger partial charge on any atom is 0.338 e. The molecule has 0 unspecified atom stereocenters. The van der Waals surface area contributed by atoms with Crippen LogP contribution >= 0.6 is 27.3 Å². The van der Waals surface area contributed by atoms with Gasteiger partial charge in [-0.25, -0.2) is 9.18 Å². The molecule has 0 aliphatic heterocycles. The molecular formula is C14H11BrFNO3S. The summed E-state index contributed by atoms with van der Waals surface area (Å²) in [5.74, 6) is -2.05. The smallest absolute Gasteiger partial charge is 0.338 e. The highest BCUT2D eigenvalue weighted by atomic mass is 79.9. The standard InChI is InChI=1S/C14H11BrFNO3S/c1-6-7(2)21-13(11(6)14(19)20)17-12(18)8-3-4-10(16)9(15)5-8/h3-5H,1-2H3,(H,17,18)(H,19,20). The van der Waals surface area contributed by atoms with Gasteiger partial charge in [-0.05, 0) is 53.5 Å². The predicted octanol–water partition coefficient (Wildman–Crippen LogP) is 4.22. The SMILES string of the molecule is Cc1sc(NC(=O)c2ccc(F)c(Br)c2)c(C(=O)O)c1C. The average Bonchev–Trinajstić information content (AvgIpc) is 2.68. The Morgan fingerprint density at radius 1 is 1.33 bits per heavy atom. The maximum absolute atomic E-state index is 13.2. The molecule has 0 radical (unpaired) electrons. The third kappa shape index (κ3) is 3.14. The van der Waals surface area contributed by atoms with Crippen LogP contribution in [0.2, 0.25) is 0 Å². The molecule has 0 aliphatic carbocycles. The summed E-state index contributed by atoms with van der Waals surface area (Å²) in [5.41, 5.74) is 0.957. The van der Waals surface area contributed by atoms with Crippen molar-refractivity contribution in [2.24, 2.45) is 0 Å². The molecule has 0 aliphatic rings. The quantitative estimate of drug-likeness (QED) is 0.848. The number of aromatic carboxylic acids is 1. The van der Waals surface area contributed by atoms with E-state index in [4.69, 9.17) is 0 Å². The Bertz CT molecular complexity index is 742. The third-order valence-electron chi connectivity index (χ3n) is 3.01. The van der Waals surface area contributed by atoms with Gasteiger partial charge in [0.1, 0.15) is 10.8 Å². The van der Waals surface area contributed by atoms with Crippen molar-refractivity contribution in [1.29, 1.82) is 0 Å². The Labute approximate surface area is 132 Å². The zero-order valence-corrected chi connectivity index (χ0v) is 13.6. The van der Waals surface area contributed by atoms with Gasteiger partial charge in [-0.1, -0.05) is 0 Å². The lowest BCUT2D eigenvalue weighted by Gasteiger charge is -2.05. The van der Waals surface area contributed by atoms with Gasteiger partial charge in [0.25, 0.3) is 5.91 Å². The summed E-state index contributed by atoms with van der Waals surface area (Å²) in [6, 6.07) is 3.85. The predicted molar refractivity (Wildman–Crippen MR) is 82.8 cm³/mol. The molecule has 110 valence electrons. The summed E-state index contributed by atoms with van der Waals surface area (Å²) >= 11 is 4.21. The molecule has 1 aromatic heterocycles. The lowest BCUT2D eigenvalue weighted by molar-refractivity contribution is 0.0697. The number of carbonyl (C=O) groups excluding carboxylic acids is 1. The van der Waals surface area contributed by atoms with Crippen LogP contribution in [0, 0.1) is 19.7 Å². The first-order valence-electron chi connectivity index (χ1n) is 5.91. The van der Waals surface area contributed by atoms with Crippen LogP contribution in [0.4, 0.5) is 9.39 Å². The molecule has 7 heteroatoms. The molecule has 4 nitrogen and oxygen atoms in total. The van der Waals surface area contributed by atoms with Gasteiger partial charge in [0.05, 0.1) is 10.0 Å². The second kappa shape index (κ2) is 5.95. The van der Waals surface area contributed by atoms with Crippen molar-refractivity contribution in [1.82, 2.24) is 0 Å². The molecule has 1 amide bonds. The summed E-state index contributed by atoms with van der Waals surface area (Å²) in [7, 11) is 0. The van der Waals surface area contributed by atoms with Crippen molar-refractivity contribution in [3.8, 4) is 0 Å². The number of hydrogen-bond donors (Lipinski definition) is 2. The van der Waals surface area contributed by atoms with Gasteiger partial charge in [-0.15, -0.1) is 11.3 Å². The highest BCUT2D eigenvalue weighted by molar-refractivity contribution is 9.10. The van der Waals surface area contributed by atoms with E-state index in [0.717, 1.165) is 4.88 Å². The van der Waals surface area contributed by atoms with Crippen LogP contribution in [0.15, 0.2) is 22.7 Å². The molecule has 2 N–H and O–H groups in total. The molecule has 0 atom stereocenters. The minimum atomic E-state index is -1.09. The molecular weight excluding hydrogens is 361 g/mol. The molecule has 1 aromatic carbocycles. The van der Waals surface area contributed by atoms with Crippen molar-refractivity contribution < 1.29 is 19.1 Å². The average molecular weight is 372 g/mol. The minimum Gasteiger partial charge on any atom is -0.478 e. The Balaban J connectivity index is 2.33. The van der Waals surface area contributed by atoms with Gasteiger partial charge >= 0.3 is 5.97 Å². The molecule has 0 fully saturated rings. The van der Waals surface area contributed by atoms with Gasteiger partial charge in [-0.3, -0.25) is 4.79 Å². The Hall–Kier alpha value is -1.73. The van der Waals surface area contributed by atoms with Crippen molar-refractivity contribution in [2.75, 3.05) is 5.32 Å². The Morgan fingerprint density at radius 2 is 2.00 bits per heavy atom. The molecule has 0 saturated carbocycles. The zero-order valence-electron chi connectivity index (χ0n) is 11.2. The number of amides is 1. The number of thiophene rings is 1. The van der Waals surface area contributed by atoms with Crippen LogP contribution in [0.3, 0.4) is 0 Å². The summed E-state index contributed by atoms with van der Waals surface area (Å²) in [6.45, 7) is 3.48. The van der Waals surface area contributed by atoms with Gasteiger partial charge in [0, 0.05) is 10.4 Å². The highest BCUT2D eigenvalue weighted by Gasteiger charge is 2.21. The second-order valence-electron chi connectivity index (χ2n) is 4.38. The monoisotopic (exact) mass is 371 g/mol. The number of nitrogens with one attached hydrogen (secondary N) is 1. The van der Waals surface area contributed by atoms with E-state index in [9.17, 15) is 19.1 Å². The number of benzene rings is 1. The summed E-state index contributed by atoms with van der Waals surface area (Å²) in [4.78, 5) is 24.2. The van der Waals surface area contributed by atoms with E-state index in [2.05, 4.69) is 21.2 Å². The summed E-state index contributed by atoms with van der Waals surface area (Å²) in [5, 5.41) is 12.1. The first kappa shape index (κ1) is 15.7. The summed E-state index contributed by atoms with van der Waals surface area (Å²) in [6.07, 6.45) is 0. The fraction of sp³-hybridized carbons (Fsp3) is 0.143. The number of rotatable bonds is 3. The van der Waals surface area contributed by atoms with E-state index in [0.29, 0.717) is 5.56 Å². The number of carbonyl (C=O) groups is 2. The van der Waals surface area contributed by atoms with E-state index in [1.165, 1.54) is 29.5 Å². The van der Waals surface area contributed by atoms with Gasteiger partial charge in [0.2, 0.25) is 0 Å². The third-order valence-corrected chi connectivity index (χ3v) is 4.74. The normalized spacial score (nSPS) is 10.5. The lowest BCUT2D eigenvalue weighted by atomic mass is 10.1. The van der Waals surface area contributed by atoms with Crippen molar-refractivity contribution in [2.45, 2.75) is 13.8 Å². The molecule has 0 spiro atoms. The number of carboxylic acid groups (broad SMARTS) is 1. The number of aryl methyl sites for hydroxylation is 1. The topological polar surface area (TPSA) is 66.4 Å². The summed E-state index contributed by atoms with van der Waals surface area (Å²) < 4.78 is 13.3. The number of carboxylic acids is 1. The van der Waals surface area contributed by atoms with E-state index in [1.54, 1.807) is 13.8 Å². The van der Waals surface area contributed by atoms with Gasteiger partial charge < -0.3 is 10.4 Å². The molecule has 1 heterocycles. The largest absolute Gasteiger partial charge is 0.478 e. The Kier molecular flexibility index (Phi) is 4.43. The Morgan fingerprint density at radius 3 is 2.57 bits per heavy atom. The van der Waals surface area contributed by atoms with E-state index < -0.39 is 17.7 Å². The van der Waals surface area contributed by atoms with Crippen LogP contribution < -0.4 is 5.32 Å². The van der Waals surface area contributed by atoms with Crippen molar-refractivity contribution in [3.05, 3.63) is 50.1 Å². The zero-order chi connectivity index (χ0) is 15.7.